The first-order valence-corrected chi connectivity index (χ1v) is 6.91. The molecule has 2 aromatic rings. The number of H-pyrrole nitrogens is 1. The lowest BCUT2D eigenvalue weighted by atomic mass is 10.3. The number of nitrogens with one attached hydrogen (secondary N) is 1. The molecule has 0 unspecified atom stereocenters. The summed E-state index contributed by atoms with van der Waals surface area (Å²) in [5.41, 5.74) is 4.57. The third-order valence-electron chi connectivity index (χ3n) is 3.32. The Labute approximate surface area is 126 Å². The molecule has 118 valence electrons. The number of carbonyl (C=O) groups excluding carboxylic acids is 1. The maximum absolute atomic E-state index is 12.3. The van der Waals surface area contributed by atoms with E-state index in [1.165, 1.54) is 23.9 Å². The van der Waals surface area contributed by atoms with Crippen LogP contribution in [0.25, 0.3) is 0 Å². The number of carbonyl (C=O) groups is 1. The van der Waals surface area contributed by atoms with Crippen LogP contribution < -0.4 is 21.9 Å². The van der Waals surface area contributed by atoms with E-state index in [0.717, 1.165) is 17.7 Å². The van der Waals surface area contributed by atoms with Gasteiger partial charge in [-0.25, -0.2) is 4.79 Å². The zero-order valence-corrected chi connectivity index (χ0v) is 12.5. The van der Waals surface area contributed by atoms with Crippen molar-refractivity contribution in [1.82, 2.24) is 9.55 Å². The Morgan fingerprint density at radius 2 is 2.18 bits per heavy atom. The van der Waals surface area contributed by atoms with Crippen molar-refractivity contribution in [3.05, 3.63) is 45.0 Å². The van der Waals surface area contributed by atoms with E-state index in [1.54, 1.807) is 6.07 Å². The van der Waals surface area contributed by atoms with Crippen LogP contribution in [-0.4, -0.2) is 22.5 Å². The van der Waals surface area contributed by atoms with Crippen molar-refractivity contribution in [3.8, 4) is 0 Å². The van der Waals surface area contributed by atoms with Crippen molar-refractivity contribution in [2.24, 2.45) is 0 Å². The van der Waals surface area contributed by atoms with Gasteiger partial charge in [0.1, 0.15) is 5.82 Å². The molecule has 0 saturated heterocycles. The smallest absolute Gasteiger partial charge is 0.330 e. The average molecular weight is 306 g/mol. The van der Waals surface area contributed by atoms with Crippen LogP contribution in [0.1, 0.15) is 30.3 Å². The minimum Gasteiger partial charge on any atom is -0.459 e. The number of furan rings is 1. The Bertz CT molecular complexity index is 773. The molecule has 0 aliphatic heterocycles. The summed E-state index contributed by atoms with van der Waals surface area (Å²) in [4.78, 5) is 39.4. The average Bonchev–Trinajstić information content (AvgIpc) is 3.00. The molecule has 22 heavy (non-hydrogen) atoms. The summed E-state index contributed by atoms with van der Waals surface area (Å²) in [5.74, 6) is -0.486. The van der Waals surface area contributed by atoms with Crippen molar-refractivity contribution < 1.29 is 9.21 Å². The van der Waals surface area contributed by atoms with Crippen LogP contribution in [0.4, 0.5) is 11.5 Å². The highest BCUT2D eigenvalue weighted by Gasteiger charge is 2.23. The molecule has 0 aromatic carbocycles. The fraction of sp³-hybridized carbons (Fsp3) is 0.357. The third kappa shape index (κ3) is 2.80. The Morgan fingerprint density at radius 1 is 1.45 bits per heavy atom. The summed E-state index contributed by atoms with van der Waals surface area (Å²) >= 11 is 0. The van der Waals surface area contributed by atoms with Crippen LogP contribution in [0.3, 0.4) is 0 Å². The highest BCUT2D eigenvalue weighted by atomic mass is 16.3. The predicted octanol–water partition coefficient (Wildman–Crippen LogP) is 0.789. The molecule has 8 nitrogen and oxygen atoms in total. The van der Waals surface area contributed by atoms with Gasteiger partial charge >= 0.3 is 5.69 Å². The second kappa shape index (κ2) is 6.33. The first-order valence-electron chi connectivity index (χ1n) is 6.91. The van der Waals surface area contributed by atoms with Gasteiger partial charge in [-0.2, -0.15) is 0 Å². The lowest BCUT2D eigenvalue weighted by Gasteiger charge is -2.19. The maximum atomic E-state index is 12.3. The van der Waals surface area contributed by atoms with E-state index in [1.807, 2.05) is 6.92 Å². The molecule has 2 rings (SSSR count). The van der Waals surface area contributed by atoms with Crippen LogP contribution >= 0.6 is 0 Å². The molecule has 8 heteroatoms. The molecule has 1 amide bonds. The van der Waals surface area contributed by atoms with E-state index in [2.05, 4.69) is 4.98 Å². The van der Waals surface area contributed by atoms with Gasteiger partial charge in [-0.05, 0) is 18.6 Å². The zero-order chi connectivity index (χ0) is 16.3. The second-order valence-corrected chi connectivity index (χ2v) is 4.84. The minimum absolute atomic E-state index is 0.0374. The van der Waals surface area contributed by atoms with Gasteiger partial charge in [0.15, 0.2) is 11.4 Å². The molecule has 0 bridgehead atoms. The molecule has 2 heterocycles. The number of unbranched alkanes of at least 4 members (excludes halogenated alkanes) is 1. The highest BCUT2D eigenvalue weighted by molar-refractivity contribution is 6.04. The number of nitrogen functional groups attached to an aromatic ring is 1. The molecule has 0 spiro atoms. The second-order valence-electron chi connectivity index (χ2n) is 4.84. The number of hydrogen-bond donors (Lipinski definition) is 2. The van der Waals surface area contributed by atoms with E-state index in [9.17, 15) is 14.4 Å². The third-order valence-corrected chi connectivity index (χ3v) is 3.32. The highest BCUT2D eigenvalue weighted by Crippen LogP contribution is 2.18. The van der Waals surface area contributed by atoms with Crippen molar-refractivity contribution in [2.45, 2.75) is 26.3 Å². The Kier molecular flexibility index (Phi) is 4.50. The lowest BCUT2D eigenvalue weighted by molar-refractivity contribution is 0.0966. The van der Waals surface area contributed by atoms with Crippen LogP contribution in [0.15, 0.2) is 32.4 Å². The van der Waals surface area contributed by atoms with E-state index in [-0.39, 0.29) is 17.3 Å². The number of aromatic nitrogens is 2. The van der Waals surface area contributed by atoms with Crippen LogP contribution in [0, 0.1) is 0 Å². The van der Waals surface area contributed by atoms with E-state index >= 15 is 0 Å². The summed E-state index contributed by atoms with van der Waals surface area (Å²) in [6.45, 7) is 2.34. The number of nitrogens with zero attached hydrogens (tertiary/aromatic N) is 2. The zero-order valence-electron chi connectivity index (χ0n) is 12.5. The molecule has 0 radical (unpaired) electrons. The van der Waals surface area contributed by atoms with Crippen molar-refractivity contribution >= 4 is 17.4 Å². The molecular formula is C14H18N4O4. The van der Waals surface area contributed by atoms with Gasteiger partial charge < -0.3 is 15.1 Å². The van der Waals surface area contributed by atoms with Crippen molar-refractivity contribution in [3.63, 3.8) is 0 Å². The molecule has 0 aliphatic carbocycles. The first kappa shape index (κ1) is 15.6. The quantitative estimate of drug-likeness (QED) is 0.847. The summed E-state index contributed by atoms with van der Waals surface area (Å²) in [6, 6.07) is 3.05. The van der Waals surface area contributed by atoms with Crippen molar-refractivity contribution in [1.29, 1.82) is 0 Å². The van der Waals surface area contributed by atoms with Gasteiger partial charge in [-0.1, -0.05) is 13.3 Å². The number of aromatic amines is 1. The molecule has 0 saturated carbocycles. The van der Waals surface area contributed by atoms with Gasteiger partial charge in [0.25, 0.3) is 11.5 Å². The van der Waals surface area contributed by atoms with Gasteiger partial charge in [0, 0.05) is 13.6 Å². The van der Waals surface area contributed by atoms with Crippen LogP contribution in [0.5, 0.6) is 0 Å². The Morgan fingerprint density at radius 3 is 2.77 bits per heavy atom. The summed E-state index contributed by atoms with van der Waals surface area (Å²) < 4.78 is 6.28. The van der Waals surface area contributed by atoms with E-state index < -0.39 is 17.2 Å². The number of nitrogens with two attached hydrogens (primary N) is 1. The molecule has 2 aromatic heterocycles. The van der Waals surface area contributed by atoms with Gasteiger partial charge in [-0.3, -0.25) is 19.1 Å². The normalized spacial score (nSPS) is 10.6. The van der Waals surface area contributed by atoms with Gasteiger partial charge in [0.05, 0.1) is 6.26 Å². The molecule has 0 fully saturated rings. The fourth-order valence-corrected chi connectivity index (χ4v) is 2.11. The first-order chi connectivity index (χ1) is 10.5. The fourth-order valence-electron chi connectivity index (χ4n) is 2.11. The van der Waals surface area contributed by atoms with Gasteiger partial charge in [0.2, 0.25) is 0 Å². The summed E-state index contributed by atoms with van der Waals surface area (Å²) in [6.07, 6.45) is 2.95. The topological polar surface area (TPSA) is 114 Å². The molecule has 0 aliphatic rings. The number of rotatable bonds is 5. The van der Waals surface area contributed by atoms with E-state index in [0.29, 0.717) is 6.54 Å². The Balaban J connectivity index is 2.48. The summed E-state index contributed by atoms with van der Waals surface area (Å²) in [7, 11) is 1.40. The van der Waals surface area contributed by atoms with Crippen LogP contribution in [0.2, 0.25) is 0 Å². The van der Waals surface area contributed by atoms with Crippen LogP contribution in [-0.2, 0) is 6.54 Å². The Hall–Kier alpha value is -2.77. The standard InChI is InChI=1S/C14H18N4O4/c1-3-4-7-18-11(15)10(12(19)16-14(18)21)17(2)13(20)9-6-5-8-22-9/h5-6,8H,3-4,7,15H2,1-2H3,(H,16,19,21). The SMILES string of the molecule is CCCCn1c(N)c(N(C)C(=O)c2ccco2)c(=O)[nH]c1=O. The number of hydrogen-bond acceptors (Lipinski definition) is 5. The molecule has 0 atom stereocenters. The predicted molar refractivity (Wildman–Crippen MR) is 82.1 cm³/mol. The minimum atomic E-state index is -0.711. The number of amides is 1. The van der Waals surface area contributed by atoms with E-state index in [4.69, 9.17) is 10.2 Å². The summed E-state index contributed by atoms with van der Waals surface area (Å²) in [5, 5.41) is 0. The number of anilines is 2. The molecule has 3 N–H and O–H groups in total. The molecular weight excluding hydrogens is 288 g/mol. The lowest BCUT2D eigenvalue weighted by Crippen LogP contribution is -2.39. The maximum Gasteiger partial charge on any atom is 0.330 e. The van der Waals surface area contributed by atoms with Gasteiger partial charge in [-0.15, -0.1) is 0 Å². The largest absolute Gasteiger partial charge is 0.459 e. The monoisotopic (exact) mass is 306 g/mol. The van der Waals surface area contributed by atoms with Crippen molar-refractivity contribution in [2.75, 3.05) is 17.7 Å².